The summed E-state index contributed by atoms with van der Waals surface area (Å²) < 4.78 is 14.5. The van der Waals surface area contributed by atoms with E-state index >= 15 is 0 Å². The van der Waals surface area contributed by atoms with Gasteiger partial charge in [-0.2, -0.15) is 11.2 Å². The fraction of sp³-hybridized carbons (Fsp3) is 0. The second-order valence-corrected chi connectivity index (χ2v) is 3.51. The molecule has 0 saturated heterocycles. The summed E-state index contributed by atoms with van der Waals surface area (Å²) in [5.74, 6) is -0.291. The summed E-state index contributed by atoms with van der Waals surface area (Å²) in [5.41, 5.74) is 1.73. The average molecular weight is 403 g/mol. The first-order valence-electron chi connectivity index (χ1n) is 4.95. The maximum atomic E-state index is 12.8. The number of halogens is 1. The second kappa shape index (κ2) is 4.78. The quantitative estimate of drug-likeness (QED) is 0.572. The Morgan fingerprint density at radius 2 is 1.94 bits per heavy atom. The molecule has 1 aromatic heterocycles. The van der Waals surface area contributed by atoms with Crippen LogP contribution in [0.4, 0.5) is 4.39 Å². The maximum absolute atomic E-state index is 12.8. The van der Waals surface area contributed by atoms with Gasteiger partial charge in [0.2, 0.25) is 0 Å². The predicted octanol–water partition coefficient (Wildman–Crippen LogP) is 2.96. The van der Waals surface area contributed by atoms with E-state index in [9.17, 15) is 4.39 Å². The van der Waals surface area contributed by atoms with Crippen LogP contribution in [0.5, 0.6) is 0 Å². The van der Waals surface area contributed by atoms with Crippen LogP contribution in [0.2, 0.25) is 0 Å². The number of aromatic nitrogens is 2. The summed E-state index contributed by atoms with van der Waals surface area (Å²) >= 11 is 0. The molecule has 0 aliphatic carbocycles. The normalized spacial score (nSPS) is 10.2. The van der Waals surface area contributed by atoms with Gasteiger partial charge in [-0.25, -0.2) is 0 Å². The molecule has 0 unspecified atom stereocenters. The third-order valence-electron chi connectivity index (χ3n) is 2.46. The van der Waals surface area contributed by atoms with E-state index in [1.165, 1.54) is 12.1 Å². The first kappa shape index (κ1) is 12.0. The molecule has 4 heteroatoms. The molecular formula is C13H8FIrN2-. The Morgan fingerprint density at radius 1 is 1.12 bits per heavy atom. The number of para-hydroxylation sites is 1. The van der Waals surface area contributed by atoms with Crippen molar-refractivity contribution >= 4 is 10.9 Å². The molecule has 0 bridgehead atoms. The smallest absolute Gasteiger partial charge is 0.0716 e. The van der Waals surface area contributed by atoms with E-state index in [0.29, 0.717) is 0 Å². The van der Waals surface area contributed by atoms with Gasteiger partial charge in [-0.3, -0.25) is 9.07 Å². The van der Waals surface area contributed by atoms with Crippen LogP contribution in [0.1, 0.15) is 0 Å². The monoisotopic (exact) mass is 404 g/mol. The third kappa shape index (κ3) is 2.14. The van der Waals surface area contributed by atoms with Crippen molar-refractivity contribution in [1.82, 2.24) is 9.78 Å². The molecule has 0 amide bonds. The van der Waals surface area contributed by atoms with Gasteiger partial charge in [0.1, 0.15) is 0 Å². The maximum Gasteiger partial charge on any atom is 0.0716 e. The van der Waals surface area contributed by atoms with Gasteiger partial charge >= 0.3 is 0 Å². The molecule has 0 saturated carbocycles. The molecule has 0 N–H and O–H groups in total. The van der Waals surface area contributed by atoms with Gasteiger partial charge in [0.15, 0.2) is 0 Å². The predicted molar refractivity (Wildman–Crippen MR) is 59.9 cm³/mol. The van der Waals surface area contributed by atoms with Gasteiger partial charge in [0.05, 0.1) is 11.7 Å². The Labute approximate surface area is 111 Å². The van der Waals surface area contributed by atoms with Crippen molar-refractivity contribution in [3.05, 3.63) is 60.5 Å². The molecule has 3 aromatic rings. The van der Waals surface area contributed by atoms with E-state index in [1.54, 1.807) is 16.9 Å². The number of nitrogens with zero attached hydrogens (tertiary/aromatic N) is 2. The van der Waals surface area contributed by atoms with Crippen molar-refractivity contribution in [2.75, 3.05) is 0 Å². The average Bonchev–Trinajstić information content (AvgIpc) is 2.74. The SMILES string of the molecule is Fc1c[c-]c(-n2ncc3ccccc32)cc1.[Ir]. The number of benzene rings is 2. The van der Waals surface area contributed by atoms with Crippen LogP contribution < -0.4 is 0 Å². The summed E-state index contributed by atoms with van der Waals surface area (Å²) in [6.07, 6.45) is 1.78. The summed E-state index contributed by atoms with van der Waals surface area (Å²) in [6, 6.07) is 15.1. The van der Waals surface area contributed by atoms with Gasteiger partial charge in [0, 0.05) is 31.3 Å². The first-order valence-corrected chi connectivity index (χ1v) is 4.95. The molecule has 0 aliphatic heterocycles. The van der Waals surface area contributed by atoms with E-state index in [-0.39, 0.29) is 25.9 Å². The molecule has 0 aliphatic rings. The van der Waals surface area contributed by atoms with Crippen molar-refractivity contribution in [3.8, 4) is 5.69 Å². The van der Waals surface area contributed by atoms with Gasteiger partial charge in [0.25, 0.3) is 0 Å². The molecule has 87 valence electrons. The van der Waals surface area contributed by atoms with Crippen LogP contribution in [-0.2, 0) is 20.1 Å². The minimum atomic E-state index is -0.291. The summed E-state index contributed by atoms with van der Waals surface area (Å²) in [4.78, 5) is 0. The summed E-state index contributed by atoms with van der Waals surface area (Å²) in [5, 5.41) is 5.31. The van der Waals surface area contributed by atoms with Crippen molar-refractivity contribution in [1.29, 1.82) is 0 Å². The third-order valence-corrected chi connectivity index (χ3v) is 2.46. The Bertz CT molecular complexity index is 631. The molecule has 0 fully saturated rings. The minimum absolute atomic E-state index is 0. The van der Waals surface area contributed by atoms with E-state index in [1.807, 2.05) is 24.3 Å². The van der Waals surface area contributed by atoms with E-state index in [0.717, 1.165) is 16.6 Å². The first-order chi connectivity index (χ1) is 7.84. The zero-order valence-electron chi connectivity index (χ0n) is 8.72. The van der Waals surface area contributed by atoms with Crippen LogP contribution in [0.25, 0.3) is 16.6 Å². The van der Waals surface area contributed by atoms with Crippen LogP contribution in [0, 0.1) is 11.9 Å². The van der Waals surface area contributed by atoms with E-state index < -0.39 is 0 Å². The topological polar surface area (TPSA) is 17.8 Å². The van der Waals surface area contributed by atoms with Crippen LogP contribution in [0.3, 0.4) is 0 Å². The Morgan fingerprint density at radius 3 is 2.71 bits per heavy atom. The van der Waals surface area contributed by atoms with Gasteiger partial charge in [-0.05, 0) is 11.8 Å². The van der Waals surface area contributed by atoms with Gasteiger partial charge in [-0.15, -0.1) is 18.2 Å². The number of rotatable bonds is 1. The summed E-state index contributed by atoms with van der Waals surface area (Å²) in [7, 11) is 0. The van der Waals surface area contributed by atoms with E-state index in [2.05, 4.69) is 11.2 Å². The van der Waals surface area contributed by atoms with Gasteiger partial charge in [-0.1, -0.05) is 18.2 Å². The molecule has 0 spiro atoms. The fourth-order valence-electron chi connectivity index (χ4n) is 1.69. The zero-order valence-corrected chi connectivity index (χ0v) is 11.1. The number of hydrogen-bond donors (Lipinski definition) is 0. The zero-order chi connectivity index (χ0) is 11.0. The van der Waals surface area contributed by atoms with Crippen LogP contribution >= 0.6 is 0 Å². The van der Waals surface area contributed by atoms with Crippen LogP contribution in [-0.4, -0.2) is 9.78 Å². The molecule has 1 heterocycles. The number of hydrogen-bond acceptors (Lipinski definition) is 1. The number of fused-ring (bicyclic) bond motifs is 1. The minimum Gasteiger partial charge on any atom is -0.284 e. The molecular weight excluding hydrogens is 395 g/mol. The van der Waals surface area contributed by atoms with Crippen molar-refractivity contribution in [2.24, 2.45) is 0 Å². The molecule has 2 nitrogen and oxygen atoms in total. The van der Waals surface area contributed by atoms with Gasteiger partial charge < -0.3 is 0 Å². The van der Waals surface area contributed by atoms with Crippen molar-refractivity contribution in [3.63, 3.8) is 0 Å². The molecule has 0 atom stereocenters. The van der Waals surface area contributed by atoms with Crippen molar-refractivity contribution in [2.45, 2.75) is 0 Å². The second-order valence-electron chi connectivity index (χ2n) is 3.51. The van der Waals surface area contributed by atoms with Crippen LogP contribution in [0.15, 0.2) is 48.7 Å². The summed E-state index contributed by atoms with van der Waals surface area (Å²) in [6.45, 7) is 0. The molecule has 17 heavy (non-hydrogen) atoms. The fourth-order valence-corrected chi connectivity index (χ4v) is 1.69. The Balaban J connectivity index is 0.00000108. The molecule has 1 radical (unpaired) electrons. The van der Waals surface area contributed by atoms with Crippen molar-refractivity contribution < 1.29 is 24.5 Å². The largest absolute Gasteiger partial charge is 0.284 e. The molecule has 2 aromatic carbocycles. The Hall–Kier alpha value is -1.51. The standard InChI is InChI=1S/C13H8FN2.Ir/c14-11-5-7-12(8-6-11)16-13-4-2-1-3-10(13)9-15-16;/h1-7,9H;/q-1;. The molecule has 3 rings (SSSR count). The van der Waals surface area contributed by atoms with E-state index in [4.69, 9.17) is 0 Å². The Kier molecular flexibility index (Phi) is 3.36.